The number of hydrogen-bond acceptors (Lipinski definition) is 2. The van der Waals surface area contributed by atoms with Crippen molar-refractivity contribution in [2.45, 2.75) is 19.1 Å². The summed E-state index contributed by atoms with van der Waals surface area (Å²) < 4.78 is 0. The van der Waals surface area contributed by atoms with Crippen LogP contribution in [-0.2, 0) is 12.1 Å². The maximum atomic E-state index is 11.9. The number of aliphatic hydroxyl groups is 1. The van der Waals surface area contributed by atoms with Gasteiger partial charge in [0.25, 0.3) is 5.91 Å². The van der Waals surface area contributed by atoms with Crippen molar-refractivity contribution in [2.75, 3.05) is 0 Å². The monoisotopic (exact) mass is 253 g/mol. The molecule has 2 aromatic carbocycles. The van der Waals surface area contributed by atoms with E-state index in [9.17, 15) is 9.90 Å². The lowest BCUT2D eigenvalue weighted by Crippen LogP contribution is -2.41. The van der Waals surface area contributed by atoms with E-state index in [1.807, 2.05) is 37.3 Å². The number of benzene rings is 2. The number of rotatable bonds is 2. The average Bonchev–Trinajstić information content (AvgIpc) is 2.62. The molecule has 0 bridgehead atoms. The van der Waals surface area contributed by atoms with Crippen LogP contribution in [0.5, 0.6) is 0 Å². The lowest BCUT2D eigenvalue weighted by Gasteiger charge is -2.24. The summed E-state index contributed by atoms with van der Waals surface area (Å²) >= 11 is 0. The second kappa shape index (κ2) is 4.21. The second-order valence-corrected chi connectivity index (χ2v) is 5.03. The second-order valence-electron chi connectivity index (χ2n) is 5.03. The molecule has 3 heteroatoms. The number of amides is 1. The number of hydrogen-bond donors (Lipinski definition) is 2. The van der Waals surface area contributed by atoms with Crippen LogP contribution in [-0.4, -0.2) is 11.0 Å². The fraction of sp³-hybridized carbons (Fsp3) is 0.188. The van der Waals surface area contributed by atoms with Crippen LogP contribution in [0.15, 0.2) is 48.5 Å². The molecule has 1 aliphatic heterocycles. The quantitative estimate of drug-likeness (QED) is 0.861. The SMILES string of the molecule is Cc1cccc(CC2(O)NC(=O)c3ccccc32)c1. The van der Waals surface area contributed by atoms with E-state index in [1.165, 1.54) is 0 Å². The Hall–Kier alpha value is -2.13. The molecule has 0 spiro atoms. The van der Waals surface area contributed by atoms with Gasteiger partial charge in [0.15, 0.2) is 5.72 Å². The van der Waals surface area contributed by atoms with E-state index in [-0.39, 0.29) is 5.91 Å². The fourth-order valence-electron chi connectivity index (χ4n) is 2.62. The number of carbonyl (C=O) groups excluding carboxylic acids is 1. The third-order valence-electron chi connectivity index (χ3n) is 3.48. The largest absolute Gasteiger partial charge is 0.366 e. The van der Waals surface area contributed by atoms with Gasteiger partial charge in [-0.05, 0) is 18.6 Å². The Kier molecular flexibility index (Phi) is 2.64. The molecule has 3 nitrogen and oxygen atoms in total. The van der Waals surface area contributed by atoms with Gasteiger partial charge in [-0.3, -0.25) is 4.79 Å². The summed E-state index contributed by atoms with van der Waals surface area (Å²) in [7, 11) is 0. The van der Waals surface area contributed by atoms with E-state index in [2.05, 4.69) is 5.32 Å². The van der Waals surface area contributed by atoms with Gasteiger partial charge in [0.1, 0.15) is 0 Å². The predicted molar refractivity (Wildman–Crippen MR) is 72.7 cm³/mol. The normalized spacial score (nSPS) is 21.1. The Bertz CT molecular complexity index is 651. The van der Waals surface area contributed by atoms with Gasteiger partial charge in [-0.1, -0.05) is 48.0 Å². The van der Waals surface area contributed by atoms with Crippen molar-refractivity contribution >= 4 is 5.91 Å². The lowest BCUT2D eigenvalue weighted by molar-refractivity contribution is 0.0134. The van der Waals surface area contributed by atoms with Gasteiger partial charge in [0, 0.05) is 17.5 Å². The predicted octanol–water partition coefficient (Wildman–Crippen LogP) is 2.13. The summed E-state index contributed by atoms with van der Waals surface area (Å²) in [5, 5.41) is 13.4. The molecule has 0 saturated heterocycles. The smallest absolute Gasteiger partial charge is 0.254 e. The first-order valence-corrected chi connectivity index (χ1v) is 6.28. The summed E-state index contributed by atoms with van der Waals surface area (Å²) in [6, 6.07) is 15.1. The Morgan fingerprint density at radius 1 is 1.16 bits per heavy atom. The highest BCUT2D eigenvalue weighted by molar-refractivity contribution is 5.99. The van der Waals surface area contributed by atoms with E-state index >= 15 is 0 Å². The first kappa shape index (κ1) is 11.9. The first-order valence-electron chi connectivity index (χ1n) is 6.28. The molecule has 0 aliphatic carbocycles. The minimum Gasteiger partial charge on any atom is -0.366 e. The van der Waals surface area contributed by atoms with Crippen molar-refractivity contribution in [3.63, 3.8) is 0 Å². The van der Waals surface area contributed by atoms with Crippen LogP contribution >= 0.6 is 0 Å². The van der Waals surface area contributed by atoms with Crippen LogP contribution in [0.4, 0.5) is 0 Å². The summed E-state index contributed by atoms with van der Waals surface area (Å²) in [5.41, 5.74) is 2.04. The Morgan fingerprint density at radius 3 is 2.74 bits per heavy atom. The summed E-state index contributed by atoms with van der Waals surface area (Å²) in [4.78, 5) is 11.9. The van der Waals surface area contributed by atoms with Crippen LogP contribution in [0.25, 0.3) is 0 Å². The molecule has 1 unspecified atom stereocenters. The van der Waals surface area contributed by atoms with Gasteiger partial charge in [-0.2, -0.15) is 0 Å². The Morgan fingerprint density at radius 2 is 1.95 bits per heavy atom. The molecule has 3 rings (SSSR count). The molecule has 1 heterocycles. The zero-order valence-electron chi connectivity index (χ0n) is 10.7. The Labute approximate surface area is 111 Å². The van der Waals surface area contributed by atoms with E-state index in [0.29, 0.717) is 17.5 Å². The minimum atomic E-state index is -1.30. The van der Waals surface area contributed by atoms with E-state index in [4.69, 9.17) is 0 Å². The maximum Gasteiger partial charge on any atom is 0.254 e. The molecule has 96 valence electrons. The van der Waals surface area contributed by atoms with Gasteiger partial charge in [0.2, 0.25) is 0 Å². The van der Waals surface area contributed by atoms with Crippen molar-refractivity contribution in [1.29, 1.82) is 0 Å². The highest BCUT2D eigenvalue weighted by Gasteiger charge is 2.40. The van der Waals surface area contributed by atoms with Crippen molar-refractivity contribution in [3.05, 3.63) is 70.8 Å². The number of fused-ring (bicyclic) bond motifs is 1. The van der Waals surface area contributed by atoms with Crippen LogP contribution < -0.4 is 5.32 Å². The fourth-order valence-corrected chi connectivity index (χ4v) is 2.62. The van der Waals surface area contributed by atoms with E-state index in [1.54, 1.807) is 18.2 Å². The molecule has 1 amide bonds. The van der Waals surface area contributed by atoms with Gasteiger partial charge < -0.3 is 10.4 Å². The number of aryl methyl sites for hydroxylation is 1. The van der Waals surface area contributed by atoms with E-state index in [0.717, 1.165) is 11.1 Å². The molecular formula is C16H15NO2. The van der Waals surface area contributed by atoms with E-state index < -0.39 is 5.72 Å². The molecule has 19 heavy (non-hydrogen) atoms. The first-order chi connectivity index (χ1) is 9.08. The van der Waals surface area contributed by atoms with Gasteiger partial charge in [-0.15, -0.1) is 0 Å². The van der Waals surface area contributed by atoms with Crippen molar-refractivity contribution in [3.8, 4) is 0 Å². The molecule has 2 aromatic rings. The summed E-state index contributed by atoms with van der Waals surface area (Å²) in [6.07, 6.45) is 0.372. The zero-order chi connectivity index (χ0) is 13.5. The van der Waals surface area contributed by atoms with Crippen LogP contribution in [0, 0.1) is 6.92 Å². The molecule has 0 aromatic heterocycles. The average molecular weight is 253 g/mol. The van der Waals surface area contributed by atoms with Crippen molar-refractivity contribution < 1.29 is 9.90 Å². The molecular weight excluding hydrogens is 238 g/mol. The number of carbonyl (C=O) groups is 1. The van der Waals surface area contributed by atoms with Crippen molar-refractivity contribution in [1.82, 2.24) is 5.32 Å². The van der Waals surface area contributed by atoms with Crippen molar-refractivity contribution in [2.24, 2.45) is 0 Å². The Balaban J connectivity index is 1.99. The molecule has 0 radical (unpaired) electrons. The third kappa shape index (κ3) is 2.02. The molecule has 1 aliphatic rings. The molecule has 0 fully saturated rings. The molecule has 2 N–H and O–H groups in total. The van der Waals surface area contributed by atoms with Crippen LogP contribution in [0.3, 0.4) is 0 Å². The lowest BCUT2D eigenvalue weighted by atomic mass is 9.94. The van der Waals surface area contributed by atoms with Gasteiger partial charge in [0.05, 0.1) is 0 Å². The number of nitrogens with one attached hydrogen (secondary N) is 1. The molecule has 0 saturated carbocycles. The zero-order valence-corrected chi connectivity index (χ0v) is 10.7. The highest BCUT2D eigenvalue weighted by Crippen LogP contribution is 2.31. The highest BCUT2D eigenvalue weighted by atomic mass is 16.3. The maximum absolute atomic E-state index is 11.9. The summed E-state index contributed by atoms with van der Waals surface area (Å²) in [6.45, 7) is 2.01. The topological polar surface area (TPSA) is 49.3 Å². The third-order valence-corrected chi connectivity index (χ3v) is 3.48. The van der Waals surface area contributed by atoms with Crippen LogP contribution in [0.1, 0.15) is 27.0 Å². The molecule has 1 atom stereocenters. The standard InChI is InChI=1S/C16H15NO2/c1-11-5-4-6-12(9-11)10-16(19)14-8-3-2-7-13(14)15(18)17-16/h2-9,19H,10H2,1H3,(H,17,18). The van der Waals surface area contributed by atoms with Gasteiger partial charge >= 0.3 is 0 Å². The minimum absolute atomic E-state index is 0.217. The van der Waals surface area contributed by atoms with Crippen LogP contribution in [0.2, 0.25) is 0 Å². The summed E-state index contributed by atoms with van der Waals surface area (Å²) in [5.74, 6) is -0.217. The van der Waals surface area contributed by atoms with Gasteiger partial charge in [-0.25, -0.2) is 0 Å².